The van der Waals surface area contributed by atoms with Gasteiger partial charge in [-0.2, -0.15) is 8.62 Å². The van der Waals surface area contributed by atoms with Crippen LogP contribution in [0, 0.1) is 0 Å². The van der Waals surface area contributed by atoms with E-state index >= 15 is 0 Å². The molecule has 0 aromatic carbocycles. The maximum Gasteiger partial charge on any atom is 0.490 e. The number of phosphoric acid groups is 3. The first-order valence-electron chi connectivity index (χ1n) is 2.28. The molecule has 10 nitrogen and oxygen atoms in total. The number of rotatable bonds is 4. The third-order valence-electron chi connectivity index (χ3n) is 0.419. The fourth-order valence-electron chi connectivity index (χ4n) is 0.284. The highest BCUT2D eigenvalue weighted by Gasteiger charge is 2.38. The van der Waals surface area contributed by atoms with Crippen molar-refractivity contribution in [2.45, 2.75) is 0 Å². The quantitative estimate of drug-likeness (QED) is 0.291. The van der Waals surface area contributed by atoms with Crippen LogP contribution in [0.1, 0.15) is 0 Å². The summed E-state index contributed by atoms with van der Waals surface area (Å²) in [5.41, 5.74) is 0. The van der Waals surface area contributed by atoms with Gasteiger partial charge < -0.3 is 24.5 Å². The van der Waals surface area contributed by atoms with Gasteiger partial charge in [0.05, 0.1) is 0 Å². The van der Waals surface area contributed by atoms with Crippen LogP contribution in [-0.2, 0) is 22.3 Å². The van der Waals surface area contributed by atoms with Crippen LogP contribution in [-0.4, -0.2) is 41.8 Å². The molecule has 0 spiro atoms. The zero-order chi connectivity index (χ0) is 10.9. The Morgan fingerprint density at radius 3 is 1.07 bits per heavy atom. The summed E-state index contributed by atoms with van der Waals surface area (Å²) < 4.78 is 36.4. The van der Waals surface area contributed by atoms with E-state index in [4.69, 9.17) is 24.5 Å². The third-order valence-corrected chi connectivity index (χ3v) is 3.77. The van der Waals surface area contributed by atoms with Gasteiger partial charge in [0.1, 0.15) is 0 Å². The second kappa shape index (κ2) is 5.32. The first-order valence-corrected chi connectivity index (χ1v) is 6.83. The van der Waals surface area contributed by atoms with Gasteiger partial charge in [0.2, 0.25) is 0 Å². The highest BCUT2D eigenvalue weighted by atomic mass is 31.3. The van der Waals surface area contributed by atoms with Crippen LogP contribution in [0.4, 0.5) is 0 Å². The Bertz CT molecular complexity index is 277. The van der Waals surface area contributed by atoms with Crippen molar-refractivity contribution in [3.63, 3.8) is 0 Å². The van der Waals surface area contributed by atoms with Gasteiger partial charge in [0.15, 0.2) is 17.4 Å². The highest BCUT2D eigenvalue weighted by molar-refractivity contribution is 7.66. The van der Waals surface area contributed by atoms with E-state index in [2.05, 4.69) is 8.62 Å². The Balaban J connectivity index is 0. The molecule has 0 bridgehead atoms. The molecule has 5 N–H and O–H groups in total. The smallest absolute Gasteiger partial charge is 0.302 e. The molecule has 0 saturated heterocycles. The first kappa shape index (κ1) is 17.3. The Morgan fingerprint density at radius 2 is 0.929 bits per heavy atom. The van der Waals surface area contributed by atoms with Crippen molar-refractivity contribution in [3.05, 3.63) is 0 Å². The van der Waals surface area contributed by atoms with Gasteiger partial charge in [0, 0.05) is 0 Å². The van der Waals surface area contributed by atoms with Gasteiger partial charge in [-0.1, -0.05) is 0 Å². The minimum Gasteiger partial charge on any atom is -0.302 e. The molecule has 0 saturated carbocycles. The second-order valence-corrected chi connectivity index (χ2v) is 5.82. The lowest BCUT2D eigenvalue weighted by Gasteiger charge is -2.11. The van der Waals surface area contributed by atoms with Crippen LogP contribution in [0.25, 0.3) is 0 Å². The van der Waals surface area contributed by atoms with Crippen LogP contribution >= 0.6 is 23.5 Å². The van der Waals surface area contributed by atoms with Gasteiger partial charge in [-0.3, -0.25) is 0 Å². The van der Waals surface area contributed by atoms with Crippen molar-refractivity contribution in [1.82, 2.24) is 0 Å². The summed E-state index contributed by atoms with van der Waals surface area (Å²) in [5.74, 6) is 0. The molecule has 0 aromatic rings. The molecule has 0 aliphatic rings. The third kappa shape index (κ3) is 11.0. The van der Waals surface area contributed by atoms with Gasteiger partial charge >= 0.3 is 23.5 Å². The molecular weight excluding hydrogens is 280 g/mol. The molecular formula is H8AlO10P3. The molecule has 86 valence electrons. The van der Waals surface area contributed by atoms with Gasteiger partial charge in [0.25, 0.3) is 0 Å². The standard InChI is InChI=1S/Al.H5O10P3.3H/c;1-11(2,3)9-13(7,8)10-12(4,5)6;;;/h;(H,7,8)(H2,1,2,3)(H2,4,5,6);;;. The summed E-state index contributed by atoms with van der Waals surface area (Å²) in [7, 11) is -16.2. The average Bonchev–Trinajstić information content (AvgIpc) is 1.43. The van der Waals surface area contributed by atoms with E-state index in [9.17, 15) is 13.7 Å². The minimum absolute atomic E-state index is 0. The lowest BCUT2D eigenvalue weighted by atomic mass is 15.7. The number of hydrogen-bond donors (Lipinski definition) is 5. The highest BCUT2D eigenvalue weighted by Crippen LogP contribution is 2.64. The zero-order valence-electron chi connectivity index (χ0n) is 5.62. The predicted octanol–water partition coefficient (Wildman–Crippen LogP) is -1.88. The van der Waals surface area contributed by atoms with E-state index in [1.54, 1.807) is 0 Å². The van der Waals surface area contributed by atoms with E-state index in [0.29, 0.717) is 0 Å². The SMILES string of the molecule is O=P(O)(O)OP(=O)(O)OP(=O)(O)O.[AlH3]. The lowest BCUT2D eigenvalue weighted by molar-refractivity contribution is 0.204. The summed E-state index contributed by atoms with van der Waals surface area (Å²) in [6, 6.07) is 0. The topological polar surface area (TPSA) is 171 Å². The molecule has 0 heterocycles. The molecule has 0 unspecified atom stereocenters. The van der Waals surface area contributed by atoms with Crippen molar-refractivity contribution in [1.29, 1.82) is 0 Å². The van der Waals surface area contributed by atoms with Crippen molar-refractivity contribution in [2.75, 3.05) is 0 Å². The van der Waals surface area contributed by atoms with Gasteiger partial charge in [-0.25, -0.2) is 13.7 Å². The van der Waals surface area contributed by atoms with E-state index in [1.165, 1.54) is 0 Å². The molecule has 0 aromatic heterocycles. The summed E-state index contributed by atoms with van der Waals surface area (Å²) in [6.07, 6.45) is 0. The Labute approximate surface area is 88.1 Å². The predicted molar refractivity (Wildman–Crippen MR) is 46.0 cm³/mol. The lowest BCUT2D eigenvalue weighted by Crippen LogP contribution is -1.91. The first-order chi connectivity index (χ1) is 5.41. The molecule has 14 heavy (non-hydrogen) atoms. The van der Waals surface area contributed by atoms with Crippen LogP contribution in [0.15, 0.2) is 0 Å². The van der Waals surface area contributed by atoms with Crippen molar-refractivity contribution in [2.24, 2.45) is 0 Å². The van der Waals surface area contributed by atoms with Crippen LogP contribution in [0.2, 0.25) is 0 Å². The molecule has 0 aliphatic heterocycles. The molecule has 0 rings (SSSR count). The largest absolute Gasteiger partial charge is 0.490 e. The summed E-state index contributed by atoms with van der Waals surface area (Å²) in [6.45, 7) is 0. The van der Waals surface area contributed by atoms with Crippen molar-refractivity contribution >= 4 is 40.8 Å². The fourth-order valence-corrected chi connectivity index (χ4v) is 2.82. The maximum absolute atomic E-state index is 10.4. The molecule has 14 heteroatoms. The molecule has 0 aliphatic carbocycles. The van der Waals surface area contributed by atoms with Crippen molar-refractivity contribution in [3.8, 4) is 0 Å². The Morgan fingerprint density at radius 1 is 0.714 bits per heavy atom. The zero-order valence-corrected chi connectivity index (χ0v) is 8.30. The van der Waals surface area contributed by atoms with Crippen LogP contribution in [0.3, 0.4) is 0 Å². The van der Waals surface area contributed by atoms with Crippen molar-refractivity contribution < 1.29 is 46.8 Å². The summed E-state index contributed by atoms with van der Waals surface area (Å²) in [5, 5.41) is 0. The molecule has 0 amide bonds. The maximum atomic E-state index is 10.4. The van der Waals surface area contributed by atoms with E-state index in [1.807, 2.05) is 0 Å². The van der Waals surface area contributed by atoms with Gasteiger partial charge in [-0.05, 0) is 0 Å². The summed E-state index contributed by atoms with van der Waals surface area (Å²) >= 11 is 0. The van der Waals surface area contributed by atoms with E-state index in [-0.39, 0.29) is 17.4 Å². The summed E-state index contributed by atoms with van der Waals surface area (Å²) in [4.78, 5) is 40.2. The van der Waals surface area contributed by atoms with Crippen LogP contribution in [0.5, 0.6) is 0 Å². The van der Waals surface area contributed by atoms with Gasteiger partial charge in [-0.15, -0.1) is 0 Å². The van der Waals surface area contributed by atoms with E-state index < -0.39 is 23.5 Å². The Kier molecular flexibility index (Phi) is 6.60. The van der Waals surface area contributed by atoms with Crippen LogP contribution < -0.4 is 0 Å². The normalized spacial score (nSPS) is 13.5. The minimum atomic E-state index is -5.46. The number of hydrogen-bond acceptors (Lipinski definition) is 5. The molecule has 0 atom stereocenters. The second-order valence-electron chi connectivity index (χ2n) is 1.61. The average molecular weight is 288 g/mol. The fraction of sp³-hybridized carbons (Fsp3) is 0. The molecule has 0 fully saturated rings. The Hall–Kier alpha value is 0.942. The molecule has 0 radical (unpaired) electrons. The van der Waals surface area contributed by atoms with E-state index in [0.717, 1.165) is 0 Å². The monoisotopic (exact) mass is 288 g/mol.